The van der Waals surface area contributed by atoms with Crippen molar-refractivity contribution >= 4 is 34.5 Å². The number of nitrogens with one attached hydrogen (secondary N) is 1. The molecule has 0 aliphatic carbocycles. The highest BCUT2D eigenvalue weighted by atomic mass is 32.2. The number of hydrogen-bond acceptors (Lipinski definition) is 8. The van der Waals surface area contributed by atoms with Crippen LogP contribution in [0.1, 0.15) is 44.4 Å². The third-order valence-corrected chi connectivity index (χ3v) is 7.01. The molecular formula is C29H33N3O5S. The summed E-state index contributed by atoms with van der Waals surface area (Å²) in [6, 6.07) is 14.6. The monoisotopic (exact) mass is 535 g/mol. The number of amides is 1. The van der Waals surface area contributed by atoms with Gasteiger partial charge in [-0.15, -0.1) is 0 Å². The van der Waals surface area contributed by atoms with E-state index >= 15 is 0 Å². The second-order valence-electron chi connectivity index (χ2n) is 9.23. The summed E-state index contributed by atoms with van der Waals surface area (Å²) in [4.78, 5) is 33.3. The van der Waals surface area contributed by atoms with Crippen molar-refractivity contribution in [1.29, 1.82) is 0 Å². The SMILES string of the molecule is CCOC(=O)C1=C(c2ccccc2)N=C2SC=C(CC(=O)NCC(C)C)N2[C@H]1c1ccc(OC)c(OC)c1. The Morgan fingerprint density at radius 1 is 1.08 bits per heavy atom. The lowest BCUT2D eigenvalue weighted by molar-refractivity contribution is -0.139. The van der Waals surface area contributed by atoms with Gasteiger partial charge in [-0.3, -0.25) is 4.79 Å². The molecule has 0 saturated heterocycles. The molecule has 38 heavy (non-hydrogen) atoms. The first-order chi connectivity index (χ1) is 18.4. The summed E-state index contributed by atoms with van der Waals surface area (Å²) in [6.07, 6.45) is 0.152. The number of thioether (sulfide) groups is 1. The fraction of sp³-hybridized carbons (Fsp3) is 0.345. The van der Waals surface area contributed by atoms with Crippen LogP contribution in [0.15, 0.2) is 70.2 Å². The zero-order valence-electron chi connectivity index (χ0n) is 22.3. The first-order valence-corrected chi connectivity index (χ1v) is 13.4. The van der Waals surface area contributed by atoms with Crippen LogP contribution < -0.4 is 14.8 Å². The molecule has 8 nitrogen and oxygen atoms in total. The molecule has 200 valence electrons. The van der Waals surface area contributed by atoms with Gasteiger partial charge >= 0.3 is 5.97 Å². The van der Waals surface area contributed by atoms with Crippen LogP contribution in [0.2, 0.25) is 0 Å². The van der Waals surface area contributed by atoms with Gasteiger partial charge in [0.15, 0.2) is 16.7 Å². The summed E-state index contributed by atoms with van der Waals surface area (Å²) in [7, 11) is 3.15. The van der Waals surface area contributed by atoms with Crippen LogP contribution in [-0.2, 0) is 14.3 Å². The predicted molar refractivity (Wildman–Crippen MR) is 150 cm³/mol. The minimum Gasteiger partial charge on any atom is -0.493 e. The van der Waals surface area contributed by atoms with Crippen molar-refractivity contribution in [1.82, 2.24) is 10.2 Å². The number of carbonyl (C=O) groups excluding carboxylic acids is 2. The van der Waals surface area contributed by atoms with E-state index in [-0.39, 0.29) is 18.9 Å². The number of nitrogens with zero attached hydrogens (tertiary/aromatic N) is 2. The number of fused-ring (bicyclic) bond motifs is 1. The molecule has 0 radical (unpaired) electrons. The van der Waals surface area contributed by atoms with Gasteiger partial charge in [-0.05, 0) is 35.9 Å². The van der Waals surface area contributed by atoms with Gasteiger partial charge in [-0.1, -0.05) is 62.0 Å². The number of benzene rings is 2. The number of rotatable bonds is 10. The molecule has 0 spiro atoms. The lowest BCUT2D eigenvalue weighted by Crippen LogP contribution is -2.38. The van der Waals surface area contributed by atoms with Crippen molar-refractivity contribution < 1.29 is 23.8 Å². The lowest BCUT2D eigenvalue weighted by Gasteiger charge is -2.37. The van der Waals surface area contributed by atoms with Crippen molar-refractivity contribution in [3.05, 3.63) is 76.3 Å². The third kappa shape index (κ3) is 5.72. The fourth-order valence-electron chi connectivity index (χ4n) is 4.37. The zero-order chi connectivity index (χ0) is 27.2. The van der Waals surface area contributed by atoms with Crippen LogP contribution in [0.3, 0.4) is 0 Å². The number of esters is 1. The number of amidine groups is 1. The average molecular weight is 536 g/mol. The van der Waals surface area contributed by atoms with Gasteiger partial charge in [-0.25, -0.2) is 9.79 Å². The molecule has 1 N–H and O–H groups in total. The van der Waals surface area contributed by atoms with E-state index < -0.39 is 12.0 Å². The van der Waals surface area contributed by atoms with E-state index in [0.717, 1.165) is 16.8 Å². The summed E-state index contributed by atoms with van der Waals surface area (Å²) in [5.41, 5.74) is 3.27. The highest BCUT2D eigenvalue weighted by Crippen LogP contribution is 2.48. The Morgan fingerprint density at radius 3 is 2.47 bits per heavy atom. The van der Waals surface area contributed by atoms with Gasteiger partial charge in [0.2, 0.25) is 5.91 Å². The van der Waals surface area contributed by atoms with Crippen LogP contribution in [0, 0.1) is 5.92 Å². The highest BCUT2D eigenvalue weighted by molar-refractivity contribution is 8.16. The van der Waals surface area contributed by atoms with Crippen LogP contribution >= 0.6 is 11.8 Å². The average Bonchev–Trinajstić information content (AvgIpc) is 3.33. The lowest BCUT2D eigenvalue weighted by atomic mass is 9.91. The van der Waals surface area contributed by atoms with E-state index in [1.54, 1.807) is 21.1 Å². The summed E-state index contributed by atoms with van der Waals surface area (Å²) in [5.74, 6) is 0.892. The van der Waals surface area contributed by atoms with E-state index in [2.05, 4.69) is 19.2 Å². The molecule has 1 atom stereocenters. The second kappa shape index (κ2) is 12.2. The van der Waals surface area contributed by atoms with Crippen LogP contribution in [0.4, 0.5) is 0 Å². The Morgan fingerprint density at radius 2 is 1.82 bits per heavy atom. The van der Waals surface area contributed by atoms with Gasteiger partial charge < -0.3 is 24.4 Å². The highest BCUT2D eigenvalue weighted by Gasteiger charge is 2.42. The molecule has 2 aliphatic heterocycles. The van der Waals surface area contributed by atoms with Gasteiger partial charge in [0.05, 0.1) is 44.6 Å². The van der Waals surface area contributed by atoms with Crippen LogP contribution in [0.5, 0.6) is 11.5 Å². The maximum atomic E-state index is 13.6. The Labute approximate surface area is 227 Å². The molecule has 9 heteroatoms. The van der Waals surface area contributed by atoms with Crippen molar-refractivity contribution in [3.8, 4) is 11.5 Å². The van der Waals surface area contributed by atoms with E-state index in [9.17, 15) is 9.59 Å². The number of aliphatic imine (C=N–C) groups is 1. The van der Waals surface area contributed by atoms with Crippen molar-refractivity contribution in [2.45, 2.75) is 33.2 Å². The molecule has 2 aromatic rings. The molecule has 0 saturated carbocycles. The molecule has 1 amide bonds. The molecule has 0 unspecified atom stereocenters. The van der Waals surface area contributed by atoms with Gasteiger partial charge in [0.25, 0.3) is 0 Å². The van der Waals surface area contributed by atoms with Crippen molar-refractivity contribution in [3.63, 3.8) is 0 Å². The predicted octanol–water partition coefficient (Wildman–Crippen LogP) is 5.14. The van der Waals surface area contributed by atoms with Crippen LogP contribution in [0.25, 0.3) is 5.70 Å². The fourth-order valence-corrected chi connectivity index (χ4v) is 5.29. The van der Waals surface area contributed by atoms with Crippen molar-refractivity contribution in [2.24, 2.45) is 10.9 Å². The van der Waals surface area contributed by atoms with Gasteiger partial charge in [0, 0.05) is 17.8 Å². The molecular weight excluding hydrogens is 502 g/mol. The Balaban J connectivity index is 1.87. The first kappa shape index (κ1) is 27.3. The largest absolute Gasteiger partial charge is 0.493 e. The minimum atomic E-state index is -0.601. The summed E-state index contributed by atoms with van der Waals surface area (Å²) in [6.45, 7) is 6.68. The maximum Gasteiger partial charge on any atom is 0.338 e. The Hall–Kier alpha value is -3.72. The normalized spacial score (nSPS) is 16.6. The topological polar surface area (TPSA) is 89.5 Å². The van der Waals surface area contributed by atoms with E-state index in [1.807, 2.05) is 58.8 Å². The second-order valence-corrected chi connectivity index (χ2v) is 10.1. The van der Waals surface area contributed by atoms with Gasteiger partial charge in [0.1, 0.15) is 0 Å². The molecule has 0 aromatic heterocycles. The molecule has 2 aromatic carbocycles. The Kier molecular flexibility index (Phi) is 8.78. The number of carbonyl (C=O) groups is 2. The number of hydrogen-bond donors (Lipinski definition) is 1. The van der Waals surface area contributed by atoms with Crippen molar-refractivity contribution in [2.75, 3.05) is 27.4 Å². The number of ether oxygens (including phenoxy) is 3. The van der Waals surface area contributed by atoms with E-state index in [1.165, 1.54) is 11.8 Å². The number of methoxy groups -OCH3 is 2. The van der Waals surface area contributed by atoms with Gasteiger partial charge in [-0.2, -0.15) is 0 Å². The van der Waals surface area contributed by atoms with Crippen LogP contribution in [-0.4, -0.2) is 49.3 Å². The maximum absolute atomic E-state index is 13.6. The summed E-state index contributed by atoms with van der Waals surface area (Å²) < 4.78 is 16.6. The minimum absolute atomic E-state index is 0.0895. The zero-order valence-corrected chi connectivity index (χ0v) is 23.1. The Bertz CT molecular complexity index is 1290. The standard InChI is InChI=1S/C29H33N3O5S/c1-6-37-28(34)25-26(19-10-8-7-9-11-19)31-29-32(21(17-38-29)15-24(33)30-16-18(2)3)27(25)20-12-13-22(35-4)23(14-20)36-5/h7-14,17-18,27H,6,15-16H2,1-5H3,(H,30,33)/t27-/m0/s1. The van der Waals surface area contributed by atoms with E-state index in [0.29, 0.717) is 40.4 Å². The molecule has 2 heterocycles. The molecule has 2 aliphatic rings. The molecule has 0 fully saturated rings. The third-order valence-electron chi connectivity index (χ3n) is 6.13. The first-order valence-electron chi connectivity index (χ1n) is 12.6. The quantitative estimate of drug-likeness (QED) is 0.421. The molecule has 4 rings (SSSR count). The summed E-state index contributed by atoms with van der Waals surface area (Å²) in [5, 5.41) is 5.60. The molecule has 0 bridgehead atoms. The smallest absolute Gasteiger partial charge is 0.338 e. The van der Waals surface area contributed by atoms with E-state index in [4.69, 9.17) is 19.2 Å². The summed E-state index contributed by atoms with van der Waals surface area (Å²) >= 11 is 1.43.